The number of hydrogen-bond donors (Lipinski definition) is 2. The Bertz CT molecular complexity index is 317. The molecule has 0 atom stereocenters. The molecule has 0 saturated heterocycles. The molecule has 0 aromatic carbocycles. The second kappa shape index (κ2) is 4.50. The van der Waals surface area contributed by atoms with E-state index in [1.807, 2.05) is 14.1 Å². The van der Waals surface area contributed by atoms with Gasteiger partial charge in [-0.15, -0.1) is 0 Å². The lowest BCUT2D eigenvalue weighted by molar-refractivity contribution is 0.261. The molecule has 0 fully saturated rings. The first kappa shape index (κ1) is 10.4. The molecule has 0 aliphatic heterocycles. The maximum atomic E-state index is 8.93. The van der Waals surface area contributed by atoms with Gasteiger partial charge in [-0.25, -0.2) is 0 Å². The molecular formula is C7H14N4OS. The van der Waals surface area contributed by atoms with Gasteiger partial charge in [0.25, 0.3) is 0 Å². The number of nitrogens with zero attached hydrogens (tertiary/aromatic N) is 3. The van der Waals surface area contributed by atoms with Crippen molar-refractivity contribution in [3.63, 3.8) is 0 Å². The topological polar surface area (TPSA) is 57.1 Å². The van der Waals surface area contributed by atoms with E-state index >= 15 is 0 Å². The summed E-state index contributed by atoms with van der Waals surface area (Å²) in [4.78, 5) is 2.05. The van der Waals surface area contributed by atoms with Crippen LogP contribution < -0.4 is 0 Å². The van der Waals surface area contributed by atoms with Crippen LogP contribution >= 0.6 is 12.2 Å². The van der Waals surface area contributed by atoms with Crippen molar-refractivity contribution in [2.24, 2.45) is 0 Å². The molecule has 1 aromatic rings. The quantitative estimate of drug-likeness (QED) is 0.675. The van der Waals surface area contributed by atoms with Crippen molar-refractivity contribution in [3.05, 3.63) is 10.6 Å². The first-order valence-corrected chi connectivity index (χ1v) is 4.45. The van der Waals surface area contributed by atoms with E-state index in [2.05, 4.69) is 15.1 Å². The molecule has 0 unspecified atom stereocenters. The molecule has 0 spiro atoms. The first-order chi connectivity index (χ1) is 6.15. The van der Waals surface area contributed by atoms with Crippen LogP contribution in [0.1, 0.15) is 5.82 Å². The van der Waals surface area contributed by atoms with Gasteiger partial charge in [-0.1, -0.05) is 0 Å². The van der Waals surface area contributed by atoms with E-state index < -0.39 is 0 Å². The molecule has 1 aromatic heterocycles. The zero-order valence-corrected chi connectivity index (χ0v) is 8.63. The molecule has 0 aliphatic carbocycles. The van der Waals surface area contributed by atoms with Crippen molar-refractivity contribution in [2.75, 3.05) is 20.6 Å². The number of likely N-dealkylation sites (N-methyl/N-ethyl adjacent to an activating group) is 1. The van der Waals surface area contributed by atoms with Crippen molar-refractivity contribution in [2.45, 2.75) is 13.2 Å². The van der Waals surface area contributed by atoms with Crippen LogP contribution in [-0.4, -0.2) is 45.4 Å². The molecule has 1 heterocycles. The van der Waals surface area contributed by atoms with E-state index in [1.54, 1.807) is 4.57 Å². The van der Waals surface area contributed by atoms with Gasteiger partial charge < -0.3 is 14.6 Å². The summed E-state index contributed by atoms with van der Waals surface area (Å²) in [6, 6.07) is 0. The zero-order valence-electron chi connectivity index (χ0n) is 7.82. The molecule has 74 valence electrons. The molecule has 0 bridgehead atoms. The molecule has 5 nitrogen and oxygen atoms in total. The Morgan fingerprint density at radius 3 is 2.85 bits per heavy atom. The van der Waals surface area contributed by atoms with Gasteiger partial charge in [0, 0.05) is 13.1 Å². The Labute approximate surface area is 82.0 Å². The fourth-order valence-electron chi connectivity index (χ4n) is 1.00. The summed E-state index contributed by atoms with van der Waals surface area (Å²) in [7, 11) is 3.98. The number of rotatable bonds is 4. The predicted molar refractivity (Wildman–Crippen MR) is 51.9 cm³/mol. The minimum absolute atomic E-state index is 0.0828. The van der Waals surface area contributed by atoms with Gasteiger partial charge >= 0.3 is 0 Å². The van der Waals surface area contributed by atoms with Crippen LogP contribution in [0, 0.1) is 4.77 Å². The third-order valence-corrected chi connectivity index (χ3v) is 2.06. The van der Waals surface area contributed by atoms with E-state index in [-0.39, 0.29) is 6.61 Å². The number of aromatic nitrogens is 3. The highest BCUT2D eigenvalue weighted by atomic mass is 32.1. The maximum absolute atomic E-state index is 8.93. The Morgan fingerprint density at radius 2 is 2.31 bits per heavy atom. The largest absolute Gasteiger partial charge is 0.388 e. The molecular weight excluding hydrogens is 188 g/mol. The van der Waals surface area contributed by atoms with Crippen molar-refractivity contribution >= 4 is 12.2 Å². The van der Waals surface area contributed by atoms with Crippen LogP contribution in [0.15, 0.2) is 0 Å². The predicted octanol–water partition coefficient (Wildman–Crippen LogP) is -0.00541. The standard InChI is InChI=1S/C7H14N4OS/c1-10(2)3-4-11-6(5-12)8-9-7(11)13/h12H,3-5H2,1-2H3,(H,9,13). The monoisotopic (exact) mass is 202 g/mol. The van der Waals surface area contributed by atoms with Gasteiger partial charge in [-0.05, 0) is 26.3 Å². The first-order valence-electron chi connectivity index (χ1n) is 4.05. The van der Waals surface area contributed by atoms with Crippen molar-refractivity contribution in [3.8, 4) is 0 Å². The fourth-order valence-corrected chi connectivity index (χ4v) is 1.24. The average Bonchev–Trinajstić information content (AvgIpc) is 2.43. The van der Waals surface area contributed by atoms with Crippen LogP contribution in [0.25, 0.3) is 0 Å². The van der Waals surface area contributed by atoms with Gasteiger partial charge in [-0.2, -0.15) is 5.10 Å². The summed E-state index contributed by atoms with van der Waals surface area (Å²) in [5.74, 6) is 0.590. The number of nitrogens with one attached hydrogen (secondary N) is 1. The summed E-state index contributed by atoms with van der Waals surface area (Å²) in [5, 5.41) is 15.5. The number of aliphatic hydroxyl groups excluding tert-OH is 1. The second-order valence-electron chi connectivity index (χ2n) is 3.06. The summed E-state index contributed by atoms with van der Waals surface area (Å²) in [6.45, 7) is 1.54. The minimum Gasteiger partial charge on any atom is -0.388 e. The Kier molecular flexibility index (Phi) is 3.58. The molecule has 0 radical (unpaired) electrons. The van der Waals surface area contributed by atoms with Crippen LogP contribution in [0.2, 0.25) is 0 Å². The van der Waals surface area contributed by atoms with E-state index in [0.29, 0.717) is 10.6 Å². The maximum Gasteiger partial charge on any atom is 0.195 e. The number of aliphatic hydroxyl groups is 1. The highest BCUT2D eigenvalue weighted by molar-refractivity contribution is 7.71. The van der Waals surface area contributed by atoms with Crippen LogP contribution in [0.4, 0.5) is 0 Å². The van der Waals surface area contributed by atoms with Gasteiger partial charge in [0.15, 0.2) is 10.6 Å². The molecule has 0 aliphatic rings. The lowest BCUT2D eigenvalue weighted by Gasteiger charge is -2.10. The molecule has 0 amide bonds. The SMILES string of the molecule is CN(C)CCn1c(CO)n[nH]c1=S. The summed E-state index contributed by atoms with van der Waals surface area (Å²) in [5.41, 5.74) is 0. The molecule has 2 N–H and O–H groups in total. The lowest BCUT2D eigenvalue weighted by atomic mass is 10.5. The minimum atomic E-state index is -0.0828. The van der Waals surface area contributed by atoms with Gasteiger partial charge in [-0.3, -0.25) is 5.10 Å². The molecule has 13 heavy (non-hydrogen) atoms. The third-order valence-electron chi connectivity index (χ3n) is 1.75. The Balaban J connectivity index is 2.74. The number of aromatic amines is 1. The fraction of sp³-hybridized carbons (Fsp3) is 0.714. The summed E-state index contributed by atoms with van der Waals surface area (Å²) in [6.07, 6.45) is 0. The number of hydrogen-bond acceptors (Lipinski definition) is 4. The Morgan fingerprint density at radius 1 is 1.62 bits per heavy atom. The molecule has 6 heteroatoms. The average molecular weight is 202 g/mol. The normalized spacial score (nSPS) is 11.1. The van der Waals surface area contributed by atoms with E-state index in [0.717, 1.165) is 13.1 Å². The Hall–Kier alpha value is -0.720. The van der Waals surface area contributed by atoms with Crippen LogP contribution in [-0.2, 0) is 13.2 Å². The van der Waals surface area contributed by atoms with Gasteiger partial charge in [0.05, 0.1) is 0 Å². The summed E-state index contributed by atoms with van der Waals surface area (Å²) >= 11 is 5.01. The zero-order chi connectivity index (χ0) is 9.84. The van der Waals surface area contributed by atoms with E-state index in [9.17, 15) is 0 Å². The molecule has 0 saturated carbocycles. The lowest BCUT2D eigenvalue weighted by Crippen LogP contribution is -2.19. The van der Waals surface area contributed by atoms with Crippen molar-refractivity contribution in [1.82, 2.24) is 19.7 Å². The van der Waals surface area contributed by atoms with Crippen LogP contribution in [0.3, 0.4) is 0 Å². The van der Waals surface area contributed by atoms with E-state index in [1.165, 1.54) is 0 Å². The second-order valence-corrected chi connectivity index (χ2v) is 3.44. The van der Waals surface area contributed by atoms with E-state index in [4.69, 9.17) is 17.3 Å². The van der Waals surface area contributed by atoms with Crippen molar-refractivity contribution < 1.29 is 5.11 Å². The molecule has 1 rings (SSSR count). The highest BCUT2D eigenvalue weighted by Gasteiger charge is 2.03. The summed E-state index contributed by atoms with van der Waals surface area (Å²) < 4.78 is 2.36. The highest BCUT2D eigenvalue weighted by Crippen LogP contribution is 1.97. The van der Waals surface area contributed by atoms with Gasteiger partial charge in [0.1, 0.15) is 6.61 Å². The van der Waals surface area contributed by atoms with Crippen molar-refractivity contribution in [1.29, 1.82) is 0 Å². The van der Waals surface area contributed by atoms with Gasteiger partial charge in [0.2, 0.25) is 0 Å². The van der Waals surface area contributed by atoms with Crippen LogP contribution in [0.5, 0.6) is 0 Å². The third kappa shape index (κ3) is 2.61. The smallest absolute Gasteiger partial charge is 0.195 e. The number of H-pyrrole nitrogens is 1.